The standard InChI is InChI=1S/C13H9BrClF3N2/c14-12-3-1-2-9(20-12)7-19-11-5-4-8(6-10(11)15)13(16,17)18/h1-6,19H,7H2. The van der Waals surface area contributed by atoms with Crippen molar-refractivity contribution in [2.45, 2.75) is 12.7 Å². The number of nitrogens with zero attached hydrogens (tertiary/aromatic N) is 1. The highest BCUT2D eigenvalue weighted by Gasteiger charge is 2.30. The Labute approximate surface area is 127 Å². The summed E-state index contributed by atoms with van der Waals surface area (Å²) in [4.78, 5) is 4.21. The number of benzene rings is 1. The van der Waals surface area contributed by atoms with Gasteiger partial charge in [0.1, 0.15) is 4.60 Å². The van der Waals surface area contributed by atoms with E-state index >= 15 is 0 Å². The third-order valence-electron chi connectivity index (χ3n) is 2.53. The second kappa shape index (κ2) is 6.01. The molecule has 0 saturated carbocycles. The van der Waals surface area contributed by atoms with Crippen LogP contribution in [0.4, 0.5) is 18.9 Å². The molecule has 0 saturated heterocycles. The summed E-state index contributed by atoms with van der Waals surface area (Å²) in [6.07, 6.45) is -4.39. The predicted molar refractivity (Wildman–Crippen MR) is 75.7 cm³/mol. The van der Waals surface area contributed by atoms with Crippen LogP contribution in [-0.2, 0) is 12.7 Å². The van der Waals surface area contributed by atoms with Gasteiger partial charge >= 0.3 is 6.18 Å². The summed E-state index contributed by atoms with van der Waals surface area (Å²) < 4.78 is 38.2. The first-order valence-electron chi connectivity index (χ1n) is 5.58. The van der Waals surface area contributed by atoms with Gasteiger partial charge in [-0.05, 0) is 46.3 Å². The summed E-state index contributed by atoms with van der Waals surface area (Å²) >= 11 is 9.09. The number of pyridine rings is 1. The lowest BCUT2D eigenvalue weighted by Crippen LogP contribution is -2.06. The molecule has 0 unspecified atom stereocenters. The molecule has 1 aromatic carbocycles. The Morgan fingerprint density at radius 2 is 1.95 bits per heavy atom. The first-order chi connectivity index (χ1) is 9.36. The first-order valence-corrected chi connectivity index (χ1v) is 6.75. The van der Waals surface area contributed by atoms with E-state index in [1.807, 2.05) is 6.07 Å². The van der Waals surface area contributed by atoms with E-state index in [9.17, 15) is 13.2 Å². The van der Waals surface area contributed by atoms with Crippen molar-refractivity contribution in [1.29, 1.82) is 0 Å². The van der Waals surface area contributed by atoms with E-state index < -0.39 is 11.7 Å². The maximum atomic E-state index is 12.5. The Balaban J connectivity index is 2.11. The Morgan fingerprint density at radius 1 is 1.20 bits per heavy atom. The molecule has 0 fully saturated rings. The molecular weight excluding hydrogens is 357 g/mol. The van der Waals surface area contributed by atoms with Gasteiger partial charge < -0.3 is 5.32 Å². The Kier molecular flexibility index (Phi) is 4.55. The number of hydrogen-bond donors (Lipinski definition) is 1. The van der Waals surface area contributed by atoms with Crippen LogP contribution in [0.2, 0.25) is 5.02 Å². The maximum Gasteiger partial charge on any atom is 0.416 e. The highest BCUT2D eigenvalue weighted by Crippen LogP contribution is 2.33. The quantitative estimate of drug-likeness (QED) is 0.763. The Bertz CT molecular complexity index is 617. The maximum absolute atomic E-state index is 12.5. The molecule has 20 heavy (non-hydrogen) atoms. The lowest BCUT2D eigenvalue weighted by molar-refractivity contribution is -0.137. The van der Waals surface area contributed by atoms with Crippen LogP contribution in [0, 0.1) is 0 Å². The minimum Gasteiger partial charge on any atom is -0.378 e. The highest BCUT2D eigenvalue weighted by atomic mass is 79.9. The van der Waals surface area contributed by atoms with Gasteiger partial charge in [-0.1, -0.05) is 17.7 Å². The molecule has 0 bridgehead atoms. The van der Waals surface area contributed by atoms with Crippen LogP contribution < -0.4 is 5.32 Å². The van der Waals surface area contributed by atoms with Crippen molar-refractivity contribution in [2.24, 2.45) is 0 Å². The zero-order valence-electron chi connectivity index (χ0n) is 10.0. The molecule has 106 valence electrons. The lowest BCUT2D eigenvalue weighted by Gasteiger charge is -2.11. The second-order valence-corrected chi connectivity index (χ2v) is 5.22. The fraction of sp³-hybridized carbons (Fsp3) is 0.154. The summed E-state index contributed by atoms with van der Waals surface area (Å²) in [5.74, 6) is 0. The molecule has 0 radical (unpaired) electrons. The average molecular weight is 366 g/mol. The average Bonchev–Trinajstić information content (AvgIpc) is 2.36. The van der Waals surface area contributed by atoms with Gasteiger partial charge in [0.25, 0.3) is 0 Å². The van der Waals surface area contributed by atoms with E-state index in [4.69, 9.17) is 11.6 Å². The third-order valence-corrected chi connectivity index (χ3v) is 3.28. The van der Waals surface area contributed by atoms with Crippen LogP contribution in [0.5, 0.6) is 0 Å². The molecule has 1 heterocycles. The van der Waals surface area contributed by atoms with Gasteiger partial charge in [0.15, 0.2) is 0 Å². The highest BCUT2D eigenvalue weighted by molar-refractivity contribution is 9.10. The van der Waals surface area contributed by atoms with E-state index in [0.29, 0.717) is 16.8 Å². The number of halogens is 5. The Morgan fingerprint density at radius 3 is 2.55 bits per heavy atom. The van der Waals surface area contributed by atoms with Crippen LogP contribution >= 0.6 is 27.5 Å². The number of rotatable bonds is 3. The van der Waals surface area contributed by atoms with Gasteiger partial charge in [0.05, 0.1) is 28.5 Å². The van der Waals surface area contributed by atoms with Gasteiger partial charge in [-0.3, -0.25) is 0 Å². The molecule has 0 aliphatic heterocycles. The van der Waals surface area contributed by atoms with Crippen molar-refractivity contribution in [2.75, 3.05) is 5.32 Å². The van der Waals surface area contributed by atoms with Crippen LogP contribution in [0.3, 0.4) is 0 Å². The molecule has 0 amide bonds. The molecular formula is C13H9BrClF3N2. The number of alkyl halides is 3. The summed E-state index contributed by atoms with van der Waals surface area (Å²) in [5.41, 5.74) is 0.408. The SMILES string of the molecule is FC(F)(F)c1ccc(NCc2cccc(Br)n2)c(Cl)c1. The molecule has 0 spiro atoms. The van der Waals surface area contributed by atoms with Crippen molar-refractivity contribution < 1.29 is 13.2 Å². The fourth-order valence-corrected chi connectivity index (χ4v) is 2.20. The third kappa shape index (κ3) is 3.86. The van der Waals surface area contributed by atoms with Crippen molar-refractivity contribution in [3.63, 3.8) is 0 Å². The van der Waals surface area contributed by atoms with Crippen LogP contribution in [0.15, 0.2) is 41.0 Å². The second-order valence-electron chi connectivity index (χ2n) is 4.00. The number of aromatic nitrogens is 1. The van der Waals surface area contributed by atoms with Gasteiger partial charge in [0.2, 0.25) is 0 Å². The first kappa shape index (κ1) is 15.1. The van der Waals surface area contributed by atoms with Crippen LogP contribution in [-0.4, -0.2) is 4.98 Å². The molecule has 2 aromatic rings. The summed E-state index contributed by atoms with van der Waals surface area (Å²) in [5, 5.41) is 2.98. The number of nitrogens with one attached hydrogen (secondary N) is 1. The van der Waals surface area contributed by atoms with Crippen LogP contribution in [0.25, 0.3) is 0 Å². The molecule has 0 aliphatic rings. The molecule has 1 aromatic heterocycles. The minimum atomic E-state index is -4.39. The summed E-state index contributed by atoms with van der Waals surface area (Å²) in [6.45, 7) is 0.366. The van der Waals surface area contributed by atoms with Gasteiger partial charge in [-0.2, -0.15) is 13.2 Å². The van der Waals surface area contributed by atoms with Gasteiger partial charge in [0, 0.05) is 0 Å². The predicted octanol–water partition coefficient (Wildman–Crippen LogP) is 5.13. The van der Waals surface area contributed by atoms with Gasteiger partial charge in [-0.25, -0.2) is 4.98 Å². The van der Waals surface area contributed by atoms with E-state index in [-0.39, 0.29) is 5.02 Å². The molecule has 0 aliphatic carbocycles. The minimum absolute atomic E-state index is 0.0230. The number of hydrogen-bond acceptors (Lipinski definition) is 2. The molecule has 2 nitrogen and oxygen atoms in total. The van der Waals surface area contributed by atoms with Gasteiger partial charge in [-0.15, -0.1) is 0 Å². The Hall–Kier alpha value is -1.27. The summed E-state index contributed by atoms with van der Waals surface area (Å²) in [7, 11) is 0. The lowest BCUT2D eigenvalue weighted by atomic mass is 10.2. The van der Waals surface area contributed by atoms with E-state index in [1.165, 1.54) is 6.07 Å². The molecule has 0 atom stereocenters. The van der Waals surface area contributed by atoms with E-state index in [1.54, 1.807) is 12.1 Å². The normalized spacial score (nSPS) is 11.4. The fourth-order valence-electron chi connectivity index (χ4n) is 1.57. The summed E-state index contributed by atoms with van der Waals surface area (Å²) in [6, 6.07) is 8.61. The van der Waals surface area contributed by atoms with Crippen LogP contribution in [0.1, 0.15) is 11.3 Å². The van der Waals surface area contributed by atoms with E-state index in [0.717, 1.165) is 17.8 Å². The zero-order valence-corrected chi connectivity index (χ0v) is 12.4. The largest absolute Gasteiger partial charge is 0.416 e. The molecule has 1 N–H and O–H groups in total. The molecule has 2 rings (SSSR count). The monoisotopic (exact) mass is 364 g/mol. The molecule has 7 heteroatoms. The van der Waals surface area contributed by atoms with E-state index in [2.05, 4.69) is 26.2 Å². The van der Waals surface area contributed by atoms with Crippen molar-refractivity contribution in [3.8, 4) is 0 Å². The topological polar surface area (TPSA) is 24.9 Å². The van der Waals surface area contributed by atoms with Crippen molar-refractivity contribution >= 4 is 33.2 Å². The van der Waals surface area contributed by atoms with Crippen molar-refractivity contribution in [3.05, 3.63) is 57.3 Å². The smallest absolute Gasteiger partial charge is 0.378 e. The van der Waals surface area contributed by atoms with Crippen molar-refractivity contribution in [1.82, 2.24) is 4.98 Å². The number of anilines is 1. The zero-order chi connectivity index (χ0) is 14.8.